The van der Waals surface area contributed by atoms with Crippen molar-refractivity contribution >= 4 is 11.3 Å². The Labute approximate surface area is 77.0 Å². The average molecular weight is 182 g/mol. The van der Waals surface area contributed by atoms with Crippen molar-refractivity contribution in [2.45, 2.75) is 38.7 Å². The minimum Gasteiger partial charge on any atom is -0.393 e. The predicted octanol–water partition coefficient (Wildman–Crippen LogP) is 2.16. The van der Waals surface area contributed by atoms with Gasteiger partial charge in [0.2, 0.25) is 0 Å². The number of rotatable bonds is 1. The second-order valence-corrected chi connectivity index (χ2v) is 4.63. The molecule has 1 aromatic rings. The van der Waals surface area contributed by atoms with Crippen molar-refractivity contribution in [2.24, 2.45) is 0 Å². The quantitative estimate of drug-likeness (QED) is 0.705. The van der Waals surface area contributed by atoms with Crippen LogP contribution in [0.15, 0.2) is 6.07 Å². The molecule has 1 N–H and O–H groups in total. The molecule has 0 fully saturated rings. The number of aryl methyl sites for hydroxylation is 2. The van der Waals surface area contributed by atoms with Gasteiger partial charge in [0.15, 0.2) is 0 Å². The van der Waals surface area contributed by atoms with Crippen LogP contribution >= 0.6 is 11.3 Å². The topological polar surface area (TPSA) is 20.2 Å². The van der Waals surface area contributed by atoms with Gasteiger partial charge in [-0.2, -0.15) is 0 Å². The summed E-state index contributed by atoms with van der Waals surface area (Å²) >= 11 is 1.93. The second kappa shape index (κ2) is 3.19. The Morgan fingerprint density at radius 2 is 2.50 bits per heavy atom. The summed E-state index contributed by atoms with van der Waals surface area (Å²) in [7, 11) is 0. The molecule has 1 heterocycles. The fourth-order valence-electron chi connectivity index (χ4n) is 1.74. The standard InChI is InChI=1S/C10H14OS/c1-2-9-6-7-5-8(11)3-4-10(7)12-9/h6,8,11H,2-5H2,1H3. The molecule has 1 aromatic heterocycles. The molecule has 0 aliphatic heterocycles. The minimum atomic E-state index is -0.0863. The Balaban J connectivity index is 2.28. The van der Waals surface area contributed by atoms with Gasteiger partial charge < -0.3 is 5.11 Å². The third-order valence-corrected chi connectivity index (χ3v) is 3.84. The van der Waals surface area contributed by atoms with Crippen LogP contribution < -0.4 is 0 Å². The molecule has 2 heteroatoms. The van der Waals surface area contributed by atoms with Crippen molar-refractivity contribution in [3.8, 4) is 0 Å². The van der Waals surface area contributed by atoms with E-state index in [0.717, 1.165) is 25.7 Å². The molecule has 0 radical (unpaired) electrons. The van der Waals surface area contributed by atoms with Gasteiger partial charge >= 0.3 is 0 Å². The lowest BCUT2D eigenvalue weighted by Gasteiger charge is -2.16. The Bertz CT molecular complexity index is 277. The summed E-state index contributed by atoms with van der Waals surface area (Å²) in [6.45, 7) is 2.19. The molecule has 0 saturated carbocycles. The Morgan fingerprint density at radius 1 is 1.67 bits per heavy atom. The van der Waals surface area contributed by atoms with Crippen LogP contribution in [0.5, 0.6) is 0 Å². The van der Waals surface area contributed by atoms with Gasteiger partial charge in [-0.1, -0.05) is 6.92 Å². The van der Waals surface area contributed by atoms with E-state index in [0.29, 0.717) is 0 Å². The summed E-state index contributed by atoms with van der Waals surface area (Å²) in [4.78, 5) is 2.98. The number of thiophene rings is 1. The number of hydrogen-bond acceptors (Lipinski definition) is 2. The average Bonchev–Trinajstić information content (AvgIpc) is 2.46. The van der Waals surface area contributed by atoms with E-state index in [1.807, 2.05) is 11.3 Å². The molecule has 0 saturated heterocycles. The highest BCUT2D eigenvalue weighted by atomic mass is 32.1. The molecule has 66 valence electrons. The molecule has 1 unspecified atom stereocenters. The van der Waals surface area contributed by atoms with Crippen LogP contribution in [0, 0.1) is 0 Å². The number of fused-ring (bicyclic) bond motifs is 1. The summed E-state index contributed by atoms with van der Waals surface area (Å²) < 4.78 is 0. The molecular formula is C10H14OS. The van der Waals surface area contributed by atoms with E-state index in [4.69, 9.17) is 0 Å². The highest BCUT2D eigenvalue weighted by molar-refractivity contribution is 7.12. The first kappa shape index (κ1) is 8.27. The summed E-state index contributed by atoms with van der Waals surface area (Å²) in [6, 6.07) is 2.27. The lowest BCUT2D eigenvalue weighted by atomic mass is 9.96. The monoisotopic (exact) mass is 182 g/mol. The van der Waals surface area contributed by atoms with Gasteiger partial charge in [-0.3, -0.25) is 0 Å². The van der Waals surface area contributed by atoms with E-state index >= 15 is 0 Å². The molecule has 1 aliphatic rings. The first-order valence-corrected chi connectivity index (χ1v) is 5.39. The lowest BCUT2D eigenvalue weighted by molar-refractivity contribution is 0.159. The zero-order valence-corrected chi connectivity index (χ0v) is 8.16. The van der Waals surface area contributed by atoms with Crippen LogP contribution in [0.25, 0.3) is 0 Å². The van der Waals surface area contributed by atoms with Gasteiger partial charge in [-0.15, -0.1) is 11.3 Å². The van der Waals surface area contributed by atoms with E-state index in [9.17, 15) is 5.11 Å². The first-order chi connectivity index (χ1) is 5.79. The van der Waals surface area contributed by atoms with Crippen LogP contribution in [0.2, 0.25) is 0 Å². The number of hydrogen-bond donors (Lipinski definition) is 1. The van der Waals surface area contributed by atoms with Crippen molar-refractivity contribution in [2.75, 3.05) is 0 Å². The largest absolute Gasteiger partial charge is 0.393 e. The highest BCUT2D eigenvalue weighted by Gasteiger charge is 2.18. The lowest BCUT2D eigenvalue weighted by Crippen LogP contribution is -2.16. The van der Waals surface area contributed by atoms with E-state index in [1.54, 1.807) is 0 Å². The molecular weight excluding hydrogens is 168 g/mol. The first-order valence-electron chi connectivity index (χ1n) is 4.58. The van der Waals surface area contributed by atoms with E-state index in [-0.39, 0.29) is 6.10 Å². The van der Waals surface area contributed by atoms with Crippen molar-refractivity contribution in [1.82, 2.24) is 0 Å². The minimum absolute atomic E-state index is 0.0863. The zero-order chi connectivity index (χ0) is 8.55. The van der Waals surface area contributed by atoms with Crippen LogP contribution in [-0.2, 0) is 19.3 Å². The fourth-order valence-corrected chi connectivity index (χ4v) is 2.90. The van der Waals surface area contributed by atoms with Gasteiger partial charge in [0.1, 0.15) is 0 Å². The normalized spacial score (nSPS) is 22.3. The second-order valence-electron chi connectivity index (χ2n) is 3.41. The van der Waals surface area contributed by atoms with E-state index in [1.165, 1.54) is 15.3 Å². The molecule has 0 amide bonds. The van der Waals surface area contributed by atoms with Gasteiger partial charge in [0.05, 0.1) is 6.10 Å². The van der Waals surface area contributed by atoms with Gasteiger partial charge in [-0.05, 0) is 37.3 Å². The maximum absolute atomic E-state index is 9.44. The molecule has 12 heavy (non-hydrogen) atoms. The Kier molecular flexibility index (Phi) is 2.20. The summed E-state index contributed by atoms with van der Waals surface area (Å²) in [6.07, 6.45) is 3.97. The number of aliphatic hydroxyl groups excluding tert-OH is 1. The summed E-state index contributed by atoms with van der Waals surface area (Å²) in [5, 5.41) is 9.44. The zero-order valence-electron chi connectivity index (χ0n) is 7.34. The maximum atomic E-state index is 9.44. The molecule has 2 rings (SSSR count). The van der Waals surface area contributed by atoms with Crippen LogP contribution in [0.1, 0.15) is 28.7 Å². The van der Waals surface area contributed by atoms with Crippen LogP contribution in [0.4, 0.5) is 0 Å². The molecule has 1 nitrogen and oxygen atoms in total. The maximum Gasteiger partial charge on any atom is 0.0584 e. The van der Waals surface area contributed by atoms with E-state index < -0.39 is 0 Å². The van der Waals surface area contributed by atoms with Crippen molar-refractivity contribution in [3.63, 3.8) is 0 Å². The molecule has 0 aromatic carbocycles. The van der Waals surface area contributed by atoms with Crippen LogP contribution in [-0.4, -0.2) is 11.2 Å². The molecule has 0 bridgehead atoms. The van der Waals surface area contributed by atoms with Gasteiger partial charge in [0.25, 0.3) is 0 Å². The van der Waals surface area contributed by atoms with Gasteiger partial charge in [0, 0.05) is 9.75 Å². The third kappa shape index (κ3) is 1.41. The molecule has 0 spiro atoms. The molecule has 1 atom stereocenters. The Hall–Kier alpha value is -0.340. The van der Waals surface area contributed by atoms with Gasteiger partial charge in [-0.25, -0.2) is 0 Å². The summed E-state index contributed by atoms with van der Waals surface area (Å²) in [5.74, 6) is 0. The SMILES string of the molecule is CCc1cc2c(s1)CCC(O)C2. The highest BCUT2D eigenvalue weighted by Crippen LogP contribution is 2.29. The van der Waals surface area contributed by atoms with E-state index in [2.05, 4.69) is 13.0 Å². The number of aliphatic hydroxyl groups is 1. The molecule has 1 aliphatic carbocycles. The van der Waals surface area contributed by atoms with Crippen LogP contribution in [0.3, 0.4) is 0 Å². The summed E-state index contributed by atoms with van der Waals surface area (Å²) in [5.41, 5.74) is 1.40. The van der Waals surface area contributed by atoms with Crippen molar-refractivity contribution in [1.29, 1.82) is 0 Å². The van der Waals surface area contributed by atoms with Crippen molar-refractivity contribution in [3.05, 3.63) is 21.4 Å². The fraction of sp³-hybridized carbons (Fsp3) is 0.600. The predicted molar refractivity (Wildman–Crippen MR) is 51.7 cm³/mol. The third-order valence-electron chi connectivity index (χ3n) is 2.46. The smallest absolute Gasteiger partial charge is 0.0584 e. The Morgan fingerprint density at radius 3 is 3.25 bits per heavy atom. The van der Waals surface area contributed by atoms with Crippen molar-refractivity contribution < 1.29 is 5.11 Å².